The van der Waals surface area contributed by atoms with Gasteiger partial charge in [-0.15, -0.1) is 23.7 Å². The van der Waals surface area contributed by atoms with Gasteiger partial charge in [0.05, 0.1) is 5.92 Å². The van der Waals surface area contributed by atoms with E-state index in [1.54, 1.807) is 11.3 Å². The molecular formula is C15H23BrClN3O2S. The monoisotopic (exact) mass is 423 g/mol. The first-order chi connectivity index (χ1) is 10.6. The first kappa shape index (κ1) is 20.4. The van der Waals surface area contributed by atoms with Gasteiger partial charge in [-0.2, -0.15) is 0 Å². The fourth-order valence-electron chi connectivity index (χ4n) is 2.63. The molecule has 0 spiro atoms. The summed E-state index contributed by atoms with van der Waals surface area (Å²) in [5, 5.41) is 4.84. The van der Waals surface area contributed by atoms with Crippen molar-refractivity contribution in [3.63, 3.8) is 0 Å². The highest BCUT2D eigenvalue weighted by Gasteiger charge is 2.27. The Morgan fingerprint density at radius 3 is 2.91 bits per heavy atom. The van der Waals surface area contributed by atoms with Crippen molar-refractivity contribution < 1.29 is 9.59 Å². The van der Waals surface area contributed by atoms with Crippen molar-refractivity contribution in [3.8, 4) is 0 Å². The first-order valence-electron chi connectivity index (χ1n) is 7.58. The Balaban J connectivity index is 0.00000264. The molecule has 0 radical (unpaired) electrons. The van der Waals surface area contributed by atoms with Gasteiger partial charge < -0.3 is 16.0 Å². The summed E-state index contributed by atoms with van der Waals surface area (Å²) < 4.78 is 1.06. The van der Waals surface area contributed by atoms with Gasteiger partial charge in [0.1, 0.15) is 0 Å². The summed E-state index contributed by atoms with van der Waals surface area (Å²) in [6.45, 7) is 2.23. The lowest BCUT2D eigenvalue weighted by atomic mass is 9.96. The average molecular weight is 425 g/mol. The molecule has 3 N–H and O–H groups in total. The molecule has 8 heteroatoms. The van der Waals surface area contributed by atoms with E-state index in [4.69, 9.17) is 5.73 Å². The van der Waals surface area contributed by atoms with E-state index in [1.165, 1.54) is 4.88 Å². The average Bonchev–Trinajstić information content (AvgIpc) is 2.96. The molecule has 130 valence electrons. The Morgan fingerprint density at radius 1 is 1.48 bits per heavy atom. The molecule has 0 bridgehead atoms. The highest BCUT2D eigenvalue weighted by Crippen LogP contribution is 2.22. The summed E-state index contributed by atoms with van der Waals surface area (Å²) in [7, 11) is 0. The molecule has 0 aromatic carbocycles. The SMILES string of the molecule is Cl.NCCNC(=O)C1CCCN(C(=O)CCc2cc(Br)cs2)C1. The number of amides is 2. The van der Waals surface area contributed by atoms with Crippen LogP contribution in [0.4, 0.5) is 0 Å². The zero-order valence-electron chi connectivity index (χ0n) is 12.9. The number of thiophene rings is 1. The predicted molar refractivity (Wildman–Crippen MR) is 99.0 cm³/mol. The molecule has 1 aromatic heterocycles. The number of piperidine rings is 1. The number of hydrogen-bond donors (Lipinski definition) is 2. The number of nitrogens with one attached hydrogen (secondary N) is 1. The standard InChI is InChI=1S/C15H22BrN3O2S.ClH/c16-12-8-13(22-10-12)3-4-14(20)19-7-1-2-11(9-19)15(21)18-6-5-17;/h8,10-11H,1-7,9,17H2,(H,18,21);1H. The summed E-state index contributed by atoms with van der Waals surface area (Å²) in [6, 6.07) is 2.05. The molecule has 2 heterocycles. The van der Waals surface area contributed by atoms with Gasteiger partial charge in [-0.3, -0.25) is 9.59 Å². The van der Waals surface area contributed by atoms with E-state index >= 15 is 0 Å². The number of hydrogen-bond acceptors (Lipinski definition) is 4. The van der Waals surface area contributed by atoms with Gasteiger partial charge in [-0.25, -0.2) is 0 Å². The number of carbonyl (C=O) groups is 2. The number of aryl methyl sites for hydroxylation is 1. The van der Waals surface area contributed by atoms with E-state index < -0.39 is 0 Å². The van der Waals surface area contributed by atoms with Gasteiger partial charge in [0.15, 0.2) is 0 Å². The third-order valence-electron chi connectivity index (χ3n) is 3.80. The molecule has 1 aliphatic heterocycles. The lowest BCUT2D eigenvalue weighted by Crippen LogP contribution is -2.46. The predicted octanol–water partition coefficient (Wildman–Crippen LogP) is 2.18. The molecule has 2 amide bonds. The van der Waals surface area contributed by atoms with Crippen molar-refractivity contribution in [1.82, 2.24) is 10.2 Å². The number of nitrogens with two attached hydrogens (primary N) is 1. The molecule has 0 aliphatic carbocycles. The minimum absolute atomic E-state index is 0. The Kier molecular flexibility index (Phi) is 9.12. The molecule has 1 aliphatic rings. The molecule has 1 atom stereocenters. The Bertz CT molecular complexity index is 527. The van der Waals surface area contributed by atoms with Gasteiger partial charge in [0, 0.05) is 47.3 Å². The summed E-state index contributed by atoms with van der Waals surface area (Å²) in [5.41, 5.74) is 5.40. The van der Waals surface area contributed by atoms with Gasteiger partial charge in [-0.1, -0.05) is 0 Å². The molecule has 23 heavy (non-hydrogen) atoms. The van der Waals surface area contributed by atoms with Crippen molar-refractivity contribution in [3.05, 3.63) is 20.8 Å². The minimum Gasteiger partial charge on any atom is -0.355 e. The molecule has 1 fully saturated rings. The quantitative estimate of drug-likeness (QED) is 0.735. The largest absolute Gasteiger partial charge is 0.355 e. The fourth-order valence-corrected chi connectivity index (χ4v) is 4.09. The molecular weight excluding hydrogens is 402 g/mol. The van der Waals surface area contributed by atoms with Crippen molar-refractivity contribution in [2.24, 2.45) is 11.7 Å². The van der Waals surface area contributed by atoms with Crippen LogP contribution in [0.1, 0.15) is 24.1 Å². The van der Waals surface area contributed by atoms with E-state index in [0.717, 1.165) is 30.3 Å². The Hall–Kier alpha value is -0.630. The second kappa shape index (κ2) is 10.3. The Morgan fingerprint density at radius 2 is 2.26 bits per heavy atom. The minimum atomic E-state index is -0.0971. The van der Waals surface area contributed by atoms with E-state index in [0.29, 0.717) is 26.1 Å². The zero-order valence-corrected chi connectivity index (χ0v) is 16.1. The van der Waals surface area contributed by atoms with E-state index in [2.05, 4.69) is 27.3 Å². The highest BCUT2D eigenvalue weighted by molar-refractivity contribution is 9.10. The molecule has 5 nitrogen and oxygen atoms in total. The zero-order chi connectivity index (χ0) is 15.9. The van der Waals surface area contributed by atoms with E-state index in [1.807, 2.05) is 10.3 Å². The van der Waals surface area contributed by atoms with Crippen LogP contribution in [0.15, 0.2) is 15.9 Å². The lowest BCUT2D eigenvalue weighted by molar-refractivity contribution is -0.135. The van der Waals surface area contributed by atoms with Gasteiger partial charge in [0.25, 0.3) is 0 Å². The van der Waals surface area contributed by atoms with Crippen LogP contribution in [0.3, 0.4) is 0 Å². The van der Waals surface area contributed by atoms with Gasteiger partial charge in [0.2, 0.25) is 11.8 Å². The topological polar surface area (TPSA) is 75.4 Å². The summed E-state index contributed by atoms with van der Waals surface area (Å²) in [5.74, 6) is 0.0612. The van der Waals surface area contributed by atoms with E-state index in [-0.39, 0.29) is 30.1 Å². The second-order valence-corrected chi connectivity index (χ2v) is 7.40. The highest BCUT2D eigenvalue weighted by atomic mass is 79.9. The van der Waals surface area contributed by atoms with Crippen LogP contribution < -0.4 is 11.1 Å². The summed E-state index contributed by atoms with van der Waals surface area (Å²) in [6.07, 6.45) is 2.99. The third-order valence-corrected chi connectivity index (χ3v) is 5.55. The van der Waals surface area contributed by atoms with Gasteiger partial charge >= 0.3 is 0 Å². The van der Waals surface area contributed by atoms with Crippen molar-refractivity contribution in [2.75, 3.05) is 26.2 Å². The lowest BCUT2D eigenvalue weighted by Gasteiger charge is -2.32. The van der Waals surface area contributed by atoms with E-state index in [9.17, 15) is 9.59 Å². The molecule has 2 rings (SSSR count). The number of carbonyl (C=O) groups excluding carboxylic acids is 2. The molecule has 1 saturated heterocycles. The number of rotatable bonds is 6. The Labute approximate surface area is 155 Å². The summed E-state index contributed by atoms with van der Waals surface area (Å²) in [4.78, 5) is 27.4. The van der Waals surface area contributed by atoms with Gasteiger partial charge in [-0.05, 0) is 41.3 Å². The van der Waals surface area contributed by atoms with Crippen molar-refractivity contribution in [1.29, 1.82) is 0 Å². The third kappa shape index (κ3) is 6.41. The maximum absolute atomic E-state index is 12.3. The molecule has 1 aromatic rings. The normalized spacial score (nSPS) is 17.5. The van der Waals surface area contributed by atoms with Crippen LogP contribution >= 0.6 is 39.7 Å². The van der Waals surface area contributed by atoms with Crippen LogP contribution in [0.2, 0.25) is 0 Å². The van der Waals surface area contributed by atoms with Crippen molar-refractivity contribution in [2.45, 2.75) is 25.7 Å². The van der Waals surface area contributed by atoms with Crippen LogP contribution in [0.5, 0.6) is 0 Å². The smallest absolute Gasteiger partial charge is 0.224 e. The van der Waals surface area contributed by atoms with Crippen molar-refractivity contribution >= 4 is 51.5 Å². The number of likely N-dealkylation sites (tertiary alicyclic amines) is 1. The molecule has 0 saturated carbocycles. The summed E-state index contributed by atoms with van der Waals surface area (Å²) >= 11 is 5.08. The van der Waals surface area contributed by atoms with Crippen LogP contribution in [-0.4, -0.2) is 42.9 Å². The first-order valence-corrected chi connectivity index (χ1v) is 9.26. The fraction of sp³-hybridized carbons (Fsp3) is 0.600. The maximum Gasteiger partial charge on any atom is 0.224 e. The second-order valence-electron chi connectivity index (χ2n) is 5.49. The number of halogens is 2. The van der Waals surface area contributed by atoms with Crippen LogP contribution in [0, 0.1) is 5.92 Å². The number of nitrogens with zero attached hydrogens (tertiary/aromatic N) is 1. The van der Waals surface area contributed by atoms with Crippen LogP contribution in [-0.2, 0) is 16.0 Å². The maximum atomic E-state index is 12.3. The van der Waals surface area contributed by atoms with Crippen LogP contribution in [0.25, 0.3) is 0 Å². The molecule has 1 unspecified atom stereocenters.